The van der Waals surface area contributed by atoms with Crippen molar-refractivity contribution in [1.82, 2.24) is 9.88 Å². The molecule has 1 amide bonds. The molecule has 3 aromatic rings. The molecule has 6 nitrogen and oxygen atoms in total. The highest BCUT2D eigenvalue weighted by Gasteiger charge is 2.42. The van der Waals surface area contributed by atoms with Gasteiger partial charge in [0.2, 0.25) is 0 Å². The Kier molecular flexibility index (Phi) is 5.54. The quantitative estimate of drug-likeness (QED) is 0.596. The zero-order valence-corrected chi connectivity index (χ0v) is 18.5. The molecule has 0 bridgehead atoms. The van der Waals surface area contributed by atoms with E-state index in [2.05, 4.69) is 5.32 Å². The zero-order chi connectivity index (χ0) is 22.3. The number of carbonyl (C=O) groups excluding carboxylic acids is 1. The first-order valence-electron chi connectivity index (χ1n) is 10.3. The van der Waals surface area contributed by atoms with Crippen molar-refractivity contribution in [2.75, 3.05) is 13.2 Å². The van der Waals surface area contributed by atoms with E-state index in [1.165, 1.54) is 0 Å². The number of carbonyl (C=O) groups is 2. The number of halogens is 1. The molecule has 0 radical (unpaired) electrons. The summed E-state index contributed by atoms with van der Waals surface area (Å²) in [6.07, 6.45) is 0.517. The molecule has 1 aliphatic rings. The van der Waals surface area contributed by atoms with E-state index in [0.717, 1.165) is 27.6 Å². The van der Waals surface area contributed by atoms with Crippen LogP contribution in [0.25, 0.3) is 10.9 Å². The van der Waals surface area contributed by atoms with Gasteiger partial charge in [0, 0.05) is 18.0 Å². The summed E-state index contributed by atoms with van der Waals surface area (Å²) in [5, 5.41) is 14.0. The fourth-order valence-corrected chi connectivity index (χ4v) is 4.40. The molecule has 2 heterocycles. The molecule has 1 unspecified atom stereocenters. The van der Waals surface area contributed by atoms with E-state index in [0.29, 0.717) is 30.4 Å². The van der Waals surface area contributed by atoms with Crippen LogP contribution in [-0.4, -0.2) is 34.8 Å². The van der Waals surface area contributed by atoms with Crippen molar-refractivity contribution in [2.45, 2.75) is 31.7 Å². The SMILES string of the molecule is CCC(C(=O)O)c1ccc(C2(NC(=O)c3cc4c(Cl)c(C)ccc4n3C)COC2)cc1. The molecule has 4 rings (SSSR count). The third-order valence-electron chi connectivity index (χ3n) is 6.21. The van der Waals surface area contributed by atoms with Crippen molar-refractivity contribution in [3.8, 4) is 0 Å². The summed E-state index contributed by atoms with van der Waals surface area (Å²) in [6.45, 7) is 4.51. The third-order valence-corrected chi connectivity index (χ3v) is 6.71. The van der Waals surface area contributed by atoms with Gasteiger partial charge in [0.05, 0.1) is 24.2 Å². The van der Waals surface area contributed by atoms with Crippen molar-refractivity contribution in [2.24, 2.45) is 7.05 Å². The molecule has 7 heteroatoms. The predicted molar refractivity (Wildman–Crippen MR) is 120 cm³/mol. The van der Waals surface area contributed by atoms with Crippen molar-refractivity contribution in [3.63, 3.8) is 0 Å². The lowest BCUT2D eigenvalue weighted by atomic mass is 9.85. The standard InChI is InChI=1S/C24H25ClN2O4/c1-4-17(23(29)30)15-6-8-16(9-7-15)24(12-31-13-24)26-22(28)20-11-18-19(27(20)3)10-5-14(2)21(18)25/h5-11,17H,4,12-13H2,1-3H3,(H,26,28)(H,29,30). The summed E-state index contributed by atoms with van der Waals surface area (Å²) in [5.41, 5.74) is 3.37. The van der Waals surface area contributed by atoms with E-state index >= 15 is 0 Å². The Morgan fingerprint density at radius 3 is 2.45 bits per heavy atom. The number of carboxylic acid groups (broad SMARTS) is 1. The second-order valence-corrected chi connectivity index (χ2v) is 8.55. The van der Waals surface area contributed by atoms with Gasteiger partial charge < -0.3 is 19.7 Å². The molecule has 31 heavy (non-hydrogen) atoms. The van der Waals surface area contributed by atoms with Crippen LogP contribution in [0.15, 0.2) is 42.5 Å². The third kappa shape index (κ3) is 3.60. The van der Waals surface area contributed by atoms with Crippen molar-refractivity contribution in [3.05, 3.63) is 69.9 Å². The average molecular weight is 441 g/mol. The van der Waals surface area contributed by atoms with Crippen LogP contribution in [0.5, 0.6) is 0 Å². The van der Waals surface area contributed by atoms with E-state index < -0.39 is 17.4 Å². The summed E-state index contributed by atoms with van der Waals surface area (Å²) >= 11 is 6.45. The van der Waals surface area contributed by atoms with Gasteiger partial charge in [-0.2, -0.15) is 0 Å². The van der Waals surface area contributed by atoms with Crippen molar-refractivity contribution >= 4 is 34.4 Å². The number of amides is 1. The fourth-order valence-electron chi connectivity index (χ4n) is 4.19. The van der Waals surface area contributed by atoms with Crippen LogP contribution in [0.1, 0.15) is 46.4 Å². The number of hydrogen-bond donors (Lipinski definition) is 2. The Morgan fingerprint density at radius 1 is 1.23 bits per heavy atom. The maximum Gasteiger partial charge on any atom is 0.310 e. The first-order chi connectivity index (χ1) is 14.8. The van der Waals surface area contributed by atoms with E-state index in [9.17, 15) is 14.7 Å². The van der Waals surface area contributed by atoms with Crippen LogP contribution in [-0.2, 0) is 22.1 Å². The van der Waals surface area contributed by atoms with Crippen LogP contribution in [0.4, 0.5) is 0 Å². The number of nitrogens with one attached hydrogen (secondary N) is 1. The highest BCUT2D eigenvalue weighted by Crippen LogP contribution is 2.33. The first-order valence-corrected chi connectivity index (χ1v) is 10.6. The molecule has 0 spiro atoms. The maximum absolute atomic E-state index is 13.2. The number of rotatable bonds is 6. The van der Waals surface area contributed by atoms with Gasteiger partial charge in [-0.05, 0) is 42.2 Å². The molecule has 1 atom stereocenters. The highest BCUT2D eigenvalue weighted by molar-refractivity contribution is 6.36. The topological polar surface area (TPSA) is 80.6 Å². The monoisotopic (exact) mass is 440 g/mol. The fraction of sp³-hybridized carbons (Fsp3) is 0.333. The minimum absolute atomic E-state index is 0.211. The molecule has 0 aliphatic carbocycles. The zero-order valence-electron chi connectivity index (χ0n) is 17.7. The largest absolute Gasteiger partial charge is 0.481 e. The minimum atomic E-state index is -0.838. The van der Waals surface area contributed by atoms with Gasteiger partial charge in [-0.3, -0.25) is 9.59 Å². The molecule has 2 N–H and O–H groups in total. The van der Waals surface area contributed by atoms with Crippen LogP contribution in [0.2, 0.25) is 5.02 Å². The summed E-state index contributed by atoms with van der Waals surface area (Å²) in [5.74, 6) is -1.59. The van der Waals surface area contributed by atoms with Gasteiger partial charge in [0.25, 0.3) is 5.91 Å². The number of aryl methyl sites for hydroxylation is 2. The highest BCUT2D eigenvalue weighted by atomic mass is 35.5. The minimum Gasteiger partial charge on any atom is -0.481 e. The van der Waals surface area contributed by atoms with E-state index in [1.54, 1.807) is 0 Å². The molecule has 1 aromatic heterocycles. The molecule has 1 saturated heterocycles. The number of ether oxygens (including phenoxy) is 1. The molecular weight excluding hydrogens is 416 g/mol. The number of fused-ring (bicyclic) bond motifs is 1. The number of nitrogens with zero attached hydrogens (tertiary/aromatic N) is 1. The number of carboxylic acids is 1. The van der Waals surface area contributed by atoms with Gasteiger partial charge in [0.15, 0.2) is 0 Å². The number of hydrogen-bond acceptors (Lipinski definition) is 3. The lowest BCUT2D eigenvalue weighted by Gasteiger charge is -2.42. The van der Waals surface area contributed by atoms with Crippen LogP contribution >= 0.6 is 11.6 Å². The van der Waals surface area contributed by atoms with Gasteiger partial charge in [-0.15, -0.1) is 0 Å². The molecule has 1 aliphatic heterocycles. The molecule has 1 fully saturated rings. The Labute approximate surface area is 185 Å². The van der Waals surface area contributed by atoms with Crippen LogP contribution in [0.3, 0.4) is 0 Å². The van der Waals surface area contributed by atoms with E-state index in [-0.39, 0.29) is 5.91 Å². The van der Waals surface area contributed by atoms with Crippen molar-refractivity contribution < 1.29 is 19.4 Å². The Bertz CT molecular complexity index is 1160. The Morgan fingerprint density at radius 2 is 1.90 bits per heavy atom. The lowest BCUT2D eigenvalue weighted by Crippen LogP contribution is -2.59. The Balaban J connectivity index is 1.63. The maximum atomic E-state index is 13.2. The number of aliphatic carboxylic acids is 1. The van der Waals surface area contributed by atoms with E-state index in [4.69, 9.17) is 16.3 Å². The lowest BCUT2D eigenvalue weighted by molar-refractivity contribution is -0.138. The normalized spacial score (nSPS) is 16.0. The van der Waals surface area contributed by atoms with E-state index in [1.807, 2.05) is 67.9 Å². The second-order valence-electron chi connectivity index (χ2n) is 8.17. The summed E-state index contributed by atoms with van der Waals surface area (Å²) in [6, 6.07) is 13.1. The number of aromatic nitrogens is 1. The van der Waals surface area contributed by atoms with Crippen molar-refractivity contribution in [1.29, 1.82) is 0 Å². The summed E-state index contributed by atoms with van der Waals surface area (Å²) < 4.78 is 7.29. The Hall–Kier alpha value is -2.83. The van der Waals surface area contributed by atoms with Gasteiger partial charge in [-0.1, -0.05) is 48.9 Å². The number of benzene rings is 2. The molecule has 2 aromatic carbocycles. The van der Waals surface area contributed by atoms with Crippen LogP contribution < -0.4 is 5.32 Å². The second kappa shape index (κ2) is 8.02. The molecular formula is C24H25ClN2O4. The van der Waals surface area contributed by atoms with Gasteiger partial charge in [-0.25, -0.2) is 0 Å². The molecule has 162 valence electrons. The summed E-state index contributed by atoms with van der Waals surface area (Å²) in [7, 11) is 1.85. The van der Waals surface area contributed by atoms with Gasteiger partial charge in [0.1, 0.15) is 11.2 Å². The van der Waals surface area contributed by atoms with Crippen LogP contribution in [0, 0.1) is 6.92 Å². The predicted octanol–water partition coefficient (Wildman–Crippen LogP) is 4.37. The summed E-state index contributed by atoms with van der Waals surface area (Å²) in [4.78, 5) is 24.7. The average Bonchev–Trinajstić information content (AvgIpc) is 3.06. The van der Waals surface area contributed by atoms with Gasteiger partial charge >= 0.3 is 5.97 Å². The smallest absolute Gasteiger partial charge is 0.310 e. The molecule has 0 saturated carbocycles. The first kappa shape index (κ1) is 21.4.